The Hall–Kier alpha value is -3.01. The molecule has 0 aliphatic heterocycles. The topological polar surface area (TPSA) is 127 Å². The zero-order valence-corrected chi connectivity index (χ0v) is 16.2. The van der Waals surface area contributed by atoms with Gasteiger partial charge in [0.1, 0.15) is 6.04 Å². The summed E-state index contributed by atoms with van der Waals surface area (Å²) in [6.07, 6.45) is 2.56. The predicted molar refractivity (Wildman–Crippen MR) is 101 cm³/mol. The molecule has 2 aromatic rings. The Balaban J connectivity index is 1.74. The Morgan fingerprint density at radius 2 is 1.86 bits per heavy atom. The Morgan fingerprint density at radius 3 is 2.50 bits per heavy atom. The van der Waals surface area contributed by atoms with Crippen LogP contribution in [0.1, 0.15) is 37.6 Å². The summed E-state index contributed by atoms with van der Waals surface area (Å²) in [7, 11) is -3.94. The van der Waals surface area contributed by atoms with E-state index in [1.807, 2.05) is 4.72 Å². The van der Waals surface area contributed by atoms with E-state index in [4.69, 9.17) is 0 Å². The summed E-state index contributed by atoms with van der Waals surface area (Å²) in [5, 5.41) is 6.95. The number of nitrogens with zero attached hydrogens (tertiary/aromatic N) is 2. The number of carbonyl (C=O) groups is 2. The molecule has 1 aromatic carbocycles. The summed E-state index contributed by atoms with van der Waals surface area (Å²) in [6, 6.07) is 6.04. The number of benzene rings is 1. The third kappa shape index (κ3) is 4.11. The van der Waals surface area contributed by atoms with E-state index in [0.29, 0.717) is 5.69 Å². The van der Waals surface area contributed by atoms with Gasteiger partial charge in [-0.15, -0.1) is 0 Å². The van der Waals surface area contributed by atoms with Gasteiger partial charge in [0.05, 0.1) is 10.6 Å². The molecule has 0 spiro atoms. The quantitative estimate of drug-likeness (QED) is 0.757. The number of aryl methyl sites for hydroxylation is 2. The van der Waals surface area contributed by atoms with Crippen LogP contribution in [-0.2, 0) is 32.5 Å². The van der Waals surface area contributed by atoms with Crippen molar-refractivity contribution in [2.24, 2.45) is 0 Å². The second kappa shape index (κ2) is 7.55. The van der Waals surface area contributed by atoms with Crippen molar-refractivity contribution < 1.29 is 18.0 Å². The smallest absolute Gasteiger partial charge is 0.267 e. The van der Waals surface area contributed by atoms with Crippen LogP contribution in [0.15, 0.2) is 40.0 Å². The third-order valence-corrected chi connectivity index (χ3v) is 5.89. The molecule has 1 heterocycles. The summed E-state index contributed by atoms with van der Waals surface area (Å²) in [5.41, 5.74) is 1.80. The van der Waals surface area contributed by atoms with E-state index in [0.717, 1.165) is 42.1 Å². The van der Waals surface area contributed by atoms with Gasteiger partial charge in [-0.1, -0.05) is 0 Å². The van der Waals surface area contributed by atoms with Gasteiger partial charge in [-0.3, -0.25) is 14.4 Å². The summed E-state index contributed by atoms with van der Waals surface area (Å²) >= 11 is 0. The van der Waals surface area contributed by atoms with E-state index in [2.05, 4.69) is 10.4 Å². The molecule has 0 bridgehead atoms. The number of hydrogen-bond acceptors (Lipinski definition) is 6. The van der Waals surface area contributed by atoms with Gasteiger partial charge in [-0.2, -0.15) is 5.10 Å². The molecule has 28 heavy (non-hydrogen) atoms. The molecule has 0 fully saturated rings. The minimum Gasteiger partial charge on any atom is -0.324 e. The fourth-order valence-corrected chi connectivity index (χ4v) is 4.01. The van der Waals surface area contributed by atoms with Gasteiger partial charge in [0.25, 0.3) is 15.6 Å². The second-order valence-electron chi connectivity index (χ2n) is 6.60. The van der Waals surface area contributed by atoms with Gasteiger partial charge in [-0.25, -0.2) is 17.8 Å². The molecule has 0 radical (unpaired) electrons. The highest BCUT2D eigenvalue weighted by atomic mass is 32.2. The number of carbonyl (C=O) groups excluding carboxylic acids is 2. The zero-order valence-electron chi connectivity index (χ0n) is 15.4. The number of hydrogen-bond donors (Lipinski definition) is 2. The number of fused-ring (bicyclic) bond motifs is 1. The predicted octanol–water partition coefficient (Wildman–Crippen LogP) is 0.756. The molecular weight excluding hydrogens is 384 g/mol. The van der Waals surface area contributed by atoms with Gasteiger partial charge in [0, 0.05) is 18.7 Å². The number of sulfonamides is 1. The van der Waals surface area contributed by atoms with Crippen molar-refractivity contribution in [2.75, 3.05) is 5.32 Å². The van der Waals surface area contributed by atoms with Gasteiger partial charge in [0.2, 0.25) is 11.8 Å². The Bertz CT molecular complexity index is 1090. The van der Waals surface area contributed by atoms with E-state index < -0.39 is 27.9 Å². The molecule has 148 valence electrons. The molecule has 1 aliphatic rings. The summed E-state index contributed by atoms with van der Waals surface area (Å²) in [5.74, 6) is -1.15. The fourth-order valence-electron chi connectivity index (χ4n) is 3.02. The number of nitrogens with one attached hydrogen (secondary N) is 2. The molecule has 1 aromatic heterocycles. The second-order valence-corrected chi connectivity index (χ2v) is 8.29. The van der Waals surface area contributed by atoms with Crippen LogP contribution in [0.5, 0.6) is 0 Å². The van der Waals surface area contributed by atoms with E-state index in [1.165, 1.54) is 30.3 Å². The molecule has 2 amide bonds. The minimum atomic E-state index is -3.94. The first kappa shape index (κ1) is 19.7. The van der Waals surface area contributed by atoms with Crippen molar-refractivity contribution in [3.05, 3.63) is 51.9 Å². The Labute approximate surface area is 161 Å². The van der Waals surface area contributed by atoms with Crippen molar-refractivity contribution in [1.29, 1.82) is 0 Å². The standard InChI is InChI=1S/C18H20N4O5S/c1-11(22-17(24)10-13-4-3-5-16(13)20-22)18(25)19-14-6-8-15(9-7-14)28(26,27)21-12(2)23/h6-11H,3-5H2,1-2H3,(H,19,25)(H,21,23). The molecule has 2 N–H and O–H groups in total. The zero-order chi connectivity index (χ0) is 20.5. The van der Waals surface area contributed by atoms with Crippen molar-refractivity contribution in [3.8, 4) is 0 Å². The lowest BCUT2D eigenvalue weighted by Gasteiger charge is -2.15. The van der Waals surface area contributed by atoms with Crippen LogP contribution in [0.3, 0.4) is 0 Å². The summed E-state index contributed by atoms with van der Waals surface area (Å²) in [6.45, 7) is 2.67. The lowest BCUT2D eigenvalue weighted by molar-refractivity contribution is -0.119. The SMILES string of the molecule is CC(=O)NS(=O)(=O)c1ccc(NC(=O)C(C)n2nc3c(cc2=O)CCC3)cc1. The van der Waals surface area contributed by atoms with Crippen LogP contribution in [0.4, 0.5) is 5.69 Å². The first-order valence-corrected chi connectivity index (χ1v) is 10.2. The Kier molecular flexibility index (Phi) is 5.32. The highest BCUT2D eigenvalue weighted by Crippen LogP contribution is 2.19. The van der Waals surface area contributed by atoms with Crippen molar-refractivity contribution in [1.82, 2.24) is 14.5 Å². The number of rotatable bonds is 5. The maximum atomic E-state index is 12.5. The summed E-state index contributed by atoms with van der Waals surface area (Å²) in [4.78, 5) is 35.6. The maximum absolute atomic E-state index is 12.5. The average molecular weight is 404 g/mol. The highest BCUT2D eigenvalue weighted by molar-refractivity contribution is 7.90. The normalized spacial score (nSPS) is 14.2. The first-order chi connectivity index (χ1) is 13.2. The first-order valence-electron chi connectivity index (χ1n) is 8.73. The van der Waals surface area contributed by atoms with Gasteiger partial charge < -0.3 is 5.32 Å². The van der Waals surface area contributed by atoms with Crippen molar-refractivity contribution in [3.63, 3.8) is 0 Å². The molecule has 1 atom stereocenters. The number of amides is 2. The van der Waals surface area contributed by atoms with Crippen LogP contribution in [-0.4, -0.2) is 30.0 Å². The lowest BCUT2D eigenvalue weighted by atomic mass is 10.2. The van der Waals surface area contributed by atoms with E-state index in [1.54, 1.807) is 6.92 Å². The Morgan fingerprint density at radius 1 is 1.18 bits per heavy atom. The monoisotopic (exact) mass is 404 g/mol. The van der Waals surface area contributed by atoms with Gasteiger partial charge in [-0.05, 0) is 56.0 Å². The van der Waals surface area contributed by atoms with E-state index in [9.17, 15) is 22.8 Å². The van der Waals surface area contributed by atoms with Gasteiger partial charge in [0.15, 0.2) is 0 Å². The molecule has 0 saturated heterocycles. The van der Waals surface area contributed by atoms with Crippen LogP contribution >= 0.6 is 0 Å². The van der Waals surface area contributed by atoms with E-state index >= 15 is 0 Å². The number of anilines is 1. The van der Waals surface area contributed by atoms with Crippen molar-refractivity contribution in [2.45, 2.75) is 44.0 Å². The molecule has 1 aliphatic carbocycles. The largest absolute Gasteiger partial charge is 0.324 e. The van der Waals surface area contributed by atoms with Gasteiger partial charge >= 0.3 is 0 Å². The fraction of sp³-hybridized carbons (Fsp3) is 0.333. The average Bonchev–Trinajstić information content (AvgIpc) is 3.07. The molecular formula is C18H20N4O5S. The molecule has 10 heteroatoms. The van der Waals surface area contributed by atoms with E-state index in [-0.39, 0.29) is 10.5 Å². The number of aromatic nitrogens is 2. The molecule has 9 nitrogen and oxygen atoms in total. The molecule has 3 rings (SSSR count). The molecule has 1 unspecified atom stereocenters. The minimum absolute atomic E-state index is 0.106. The lowest BCUT2D eigenvalue weighted by Crippen LogP contribution is -2.34. The van der Waals surface area contributed by atoms with Crippen LogP contribution in [0, 0.1) is 0 Å². The van der Waals surface area contributed by atoms with Crippen molar-refractivity contribution >= 4 is 27.5 Å². The molecule has 0 saturated carbocycles. The van der Waals surface area contributed by atoms with Crippen LogP contribution in [0.25, 0.3) is 0 Å². The maximum Gasteiger partial charge on any atom is 0.267 e. The van der Waals surface area contributed by atoms with Crippen LogP contribution < -0.4 is 15.6 Å². The summed E-state index contributed by atoms with van der Waals surface area (Å²) < 4.78 is 26.9. The third-order valence-electron chi connectivity index (χ3n) is 4.44. The highest BCUT2D eigenvalue weighted by Gasteiger charge is 2.22. The van der Waals surface area contributed by atoms with Crippen LogP contribution in [0.2, 0.25) is 0 Å².